The van der Waals surface area contributed by atoms with Crippen molar-refractivity contribution < 1.29 is 9.90 Å². The molecule has 0 spiro atoms. The standard InChI is InChI=1S/C12H22N2O2/c1-9-2-3-10(4-9)6-14-12(5-11(15)16)7-13-8-12/h9-10,13-14H,2-8H2,1H3,(H,15,16). The molecule has 1 aliphatic heterocycles. The molecule has 0 aromatic heterocycles. The molecule has 1 saturated carbocycles. The van der Waals surface area contributed by atoms with Gasteiger partial charge in [0, 0.05) is 13.1 Å². The molecular weight excluding hydrogens is 204 g/mol. The minimum absolute atomic E-state index is 0.169. The smallest absolute Gasteiger partial charge is 0.305 e. The summed E-state index contributed by atoms with van der Waals surface area (Å²) in [5.41, 5.74) is -0.169. The van der Waals surface area contributed by atoms with Crippen LogP contribution in [0.4, 0.5) is 0 Å². The Morgan fingerprint density at radius 3 is 2.69 bits per heavy atom. The van der Waals surface area contributed by atoms with E-state index in [1.165, 1.54) is 19.3 Å². The van der Waals surface area contributed by atoms with Crippen molar-refractivity contribution in [3.8, 4) is 0 Å². The van der Waals surface area contributed by atoms with Crippen molar-refractivity contribution in [1.29, 1.82) is 0 Å². The third-order valence-electron chi connectivity index (χ3n) is 3.99. The van der Waals surface area contributed by atoms with Gasteiger partial charge in [0.15, 0.2) is 0 Å². The van der Waals surface area contributed by atoms with Gasteiger partial charge < -0.3 is 15.7 Å². The maximum absolute atomic E-state index is 10.8. The lowest BCUT2D eigenvalue weighted by Crippen LogP contribution is -2.69. The van der Waals surface area contributed by atoms with Crippen molar-refractivity contribution in [3.63, 3.8) is 0 Å². The molecule has 4 heteroatoms. The Labute approximate surface area is 96.8 Å². The molecule has 0 aromatic rings. The fourth-order valence-corrected chi connectivity index (χ4v) is 2.90. The molecule has 0 aromatic carbocycles. The van der Waals surface area contributed by atoms with Crippen LogP contribution in [-0.2, 0) is 4.79 Å². The Kier molecular flexibility index (Phi) is 3.50. The number of carboxylic acid groups (broad SMARTS) is 1. The van der Waals surface area contributed by atoms with Crippen LogP contribution in [0.15, 0.2) is 0 Å². The van der Waals surface area contributed by atoms with E-state index in [-0.39, 0.29) is 12.0 Å². The second-order valence-corrected chi connectivity index (χ2v) is 5.62. The van der Waals surface area contributed by atoms with Gasteiger partial charge in [0.1, 0.15) is 0 Å². The fraction of sp³-hybridized carbons (Fsp3) is 0.917. The number of carbonyl (C=O) groups is 1. The molecule has 16 heavy (non-hydrogen) atoms. The van der Waals surface area contributed by atoms with E-state index in [2.05, 4.69) is 17.6 Å². The van der Waals surface area contributed by atoms with E-state index in [0.29, 0.717) is 0 Å². The lowest BCUT2D eigenvalue weighted by atomic mass is 9.87. The third kappa shape index (κ3) is 2.74. The minimum Gasteiger partial charge on any atom is -0.481 e. The zero-order valence-electron chi connectivity index (χ0n) is 9.96. The molecule has 2 fully saturated rings. The molecule has 92 valence electrons. The van der Waals surface area contributed by atoms with Crippen molar-refractivity contribution in [2.45, 2.75) is 38.1 Å². The second-order valence-electron chi connectivity index (χ2n) is 5.62. The zero-order valence-corrected chi connectivity index (χ0v) is 9.96. The van der Waals surface area contributed by atoms with Crippen LogP contribution in [0.1, 0.15) is 32.6 Å². The highest BCUT2D eigenvalue weighted by atomic mass is 16.4. The molecule has 4 nitrogen and oxygen atoms in total. The summed E-state index contributed by atoms with van der Waals surface area (Å²) in [5, 5.41) is 15.5. The van der Waals surface area contributed by atoms with E-state index >= 15 is 0 Å². The van der Waals surface area contributed by atoms with Crippen LogP contribution < -0.4 is 10.6 Å². The van der Waals surface area contributed by atoms with Gasteiger partial charge >= 0.3 is 5.97 Å². The molecule has 1 saturated heterocycles. The van der Waals surface area contributed by atoms with Crippen LogP contribution in [-0.4, -0.2) is 36.2 Å². The van der Waals surface area contributed by atoms with Crippen molar-refractivity contribution in [3.05, 3.63) is 0 Å². The Morgan fingerprint density at radius 1 is 1.50 bits per heavy atom. The third-order valence-corrected chi connectivity index (χ3v) is 3.99. The highest BCUT2D eigenvalue weighted by Crippen LogP contribution is 2.30. The first-order chi connectivity index (χ1) is 7.60. The van der Waals surface area contributed by atoms with Gasteiger partial charge in [0.2, 0.25) is 0 Å². The van der Waals surface area contributed by atoms with Gasteiger partial charge in [-0.25, -0.2) is 0 Å². The number of nitrogens with one attached hydrogen (secondary N) is 2. The summed E-state index contributed by atoms with van der Waals surface area (Å²) in [6, 6.07) is 0. The molecule has 0 bridgehead atoms. The maximum Gasteiger partial charge on any atom is 0.305 e. The second kappa shape index (κ2) is 4.72. The van der Waals surface area contributed by atoms with E-state index in [4.69, 9.17) is 5.11 Å². The summed E-state index contributed by atoms with van der Waals surface area (Å²) in [7, 11) is 0. The Hall–Kier alpha value is -0.610. The topological polar surface area (TPSA) is 61.4 Å². The number of carboxylic acids is 1. The van der Waals surface area contributed by atoms with Gasteiger partial charge in [-0.15, -0.1) is 0 Å². The van der Waals surface area contributed by atoms with Gasteiger partial charge in [0.25, 0.3) is 0 Å². The van der Waals surface area contributed by atoms with E-state index in [1.807, 2.05) is 0 Å². The van der Waals surface area contributed by atoms with Gasteiger partial charge in [-0.05, 0) is 31.2 Å². The molecule has 1 aliphatic carbocycles. The first kappa shape index (κ1) is 11.9. The number of hydrogen-bond donors (Lipinski definition) is 3. The summed E-state index contributed by atoms with van der Waals surface area (Å²) < 4.78 is 0. The van der Waals surface area contributed by atoms with Gasteiger partial charge in [-0.2, -0.15) is 0 Å². The molecule has 2 unspecified atom stereocenters. The van der Waals surface area contributed by atoms with Gasteiger partial charge in [0.05, 0.1) is 12.0 Å². The Bertz CT molecular complexity index is 264. The van der Waals surface area contributed by atoms with E-state index in [1.54, 1.807) is 0 Å². The predicted octanol–water partition coefficient (Wildman–Crippen LogP) is 0.829. The molecule has 0 radical (unpaired) electrons. The number of aliphatic carboxylic acids is 1. The minimum atomic E-state index is -0.700. The fourth-order valence-electron chi connectivity index (χ4n) is 2.90. The number of hydrogen-bond acceptors (Lipinski definition) is 3. The van der Waals surface area contributed by atoms with Crippen molar-refractivity contribution in [2.75, 3.05) is 19.6 Å². The quantitative estimate of drug-likeness (QED) is 0.650. The maximum atomic E-state index is 10.8. The van der Waals surface area contributed by atoms with Gasteiger partial charge in [-0.1, -0.05) is 13.3 Å². The average molecular weight is 226 g/mol. The molecule has 0 amide bonds. The van der Waals surface area contributed by atoms with Crippen LogP contribution in [0.3, 0.4) is 0 Å². The Morgan fingerprint density at radius 2 is 2.25 bits per heavy atom. The highest BCUT2D eigenvalue weighted by Gasteiger charge is 2.39. The monoisotopic (exact) mass is 226 g/mol. The molecular formula is C12H22N2O2. The first-order valence-electron chi connectivity index (χ1n) is 6.27. The molecule has 1 heterocycles. The molecule has 2 rings (SSSR count). The molecule has 2 atom stereocenters. The SMILES string of the molecule is CC1CCC(CNC2(CC(=O)O)CNC2)C1. The van der Waals surface area contributed by atoms with Crippen LogP contribution >= 0.6 is 0 Å². The van der Waals surface area contributed by atoms with Crippen molar-refractivity contribution in [1.82, 2.24) is 10.6 Å². The highest BCUT2D eigenvalue weighted by molar-refractivity contribution is 5.68. The van der Waals surface area contributed by atoms with E-state index in [9.17, 15) is 4.79 Å². The first-order valence-corrected chi connectivity index (χ1v) is 6.27. The van der Waals surface area contributed by atoms with Crippen molar-refractivity contribution in [2.24, 2.45) is 11.8 Å². The summed E-state index contributed by atoms with van der Waals surface area (Å²) in [6.07, 6.45) is 4.16. The lowest BCUT2D eigenvalue weighted by Gasteiger charge is -2.43. The average Bonchev–Trinajstić information content (AvgIpc) is 2.55. The summed E-state index contributed by atoms with van der Waals surface area (Å²) in [5.74, 6) is 0.900. The zero-order chi connectivity index (χ0) is 11.6. The Balaban J connectivity index is 1.76. The number of rotatable bonds is 5. The molecule has 2 aliphatic rings. The summed E-state index contributed by atoms with van der Waals surface area (Å²) in [6.45, 7) is 4.88. The van der Waals surface area contributed by atoms with Crippen molar-refractivity contribution >= 4 is 5.97 Å². The lowest BCUT2D eigenvalue weighted by molar-refractivity contribution is -0.139. The van der Waals surface area contributed by atoms with Crippen LogP contribution in [0.2, 0.25) is 0 Å². The van der Waals surface area contributed by atoms with Crippen LogP contribution in [0.25, 0.3) is 0 Å². The van der Waals surface area contributed by atoms with E-state index < -0.39 is 5.97 Å². The summed E-state index contributed by atoms with van der Waals surface area (Å²) in [4.78, 5) is 10.8. The normalized spacial score (nSPS) is 32.3. The van der Waals surface area contributed by atoms with Gasteiger partial charge in [-0.3, -0.25) is 4.79 Å². The van der Waals surface area contributed by atoms with Crippen LogP contribution in [0.5, 0.6) is 0 Å². The summed E-state index contributed by atoms with van der Waals surface area (Å²) >= 11 is 0. The van der Waals surface area contributed by atoms with E-state index in [0.717, 1.165) is 31.5 Å². The largest absolute Gasteiger partial charge is 0.481 e. The predicted molar refractivity (Wildman–Crippen MR) is 62.4 cm³/mol. The molecule has 3 N–H and O–H groups in total. The van der Waals surface area contributed by atoms with Crippen LogP contribution in [0, 0.1) is 11.8 Å².